The average molecular weight is 256 g/mol. The minimum atomic E-state index is -0.0783. The molecule has 0 spiro atoms. The van der Waals surface area contributed by atoms with Crippen LogP contribution < -0.4 is 0 Å². The molecular formula is C15H16N2O2. The van der Waals surface area contributed by atoms with E-state index in [1.807, 2.05) is 44.1 Å². The van der Waals surface area contributed by atoms with Gasteiger partial charge in [0, 0.05) is 31.9 Å². The molecule has 4 heteroatoms. The van der Waals surface area contributed by atoms with Gasteiger partial charge in [0.2, 0.25) is 0 Å². The standard InChI is InChI=1S/C15H16N2O2/c1-11-9-14(19-16-11)13(10-17(2)3)15(18)12-7-5-4-6-8-12/h4-10H,1-3H3/b13-10+. The third kappa shape index (κ3) is 3.10. The van der Waals surface area contributed by atoms with Crippen LogP contribution in [0.5, 0.6) is 0 Å². The number of Topliss-reactive ketones (excluding diaryl/α,β-unsaturated/α-hetero) is 1. The van der Waals surface area contributed by atoms with Gasteiger partial charge in [0.05, 0.1) is 11.3 Å². The molecule has 19 heavy (non-hydrogen) atoms. The first-order valence-corrected chi connectivity index (χ1v) is 5.99. The van der Waals surface area contributed by atoms with Crippen LogP contribution in [-0.4, -0.2) is 29.9 Å². The second-order valence-electron chi connectivity index (χ2n) is 4.53. The zero-order chi connectivity index (χ0) is 13.8. The second-order valence-corrected chi connectivity index (χ2v) is 4.53. The van der Waals surface area contributed by atoms with E-state index in [0.29, 0.717) is 16.9 Å². The van der Waals surface area contributed by atoms with Crippen LogP contribution in [0.15, 0.2) is 47.1 Å². The summed E-state index contributed by atoms with van der Waals surface area (Å²) >= 11 is 0. The van der Waals surface area contributed by atoms with Crippen LogP contribution in [0.1, 0.15) is 21.8 Å². The highest BCUT2D eigenvalue weighted by Gasteiger charge is 2.18. The number of carbonyl (C=O) groups excluding carboxylic acids is 1. The van der Waals surface area contributed by atoms with Crippen LogP contribution in [0.3, 0.4) is 0 Å². The first kappa shape index (κ1) is 13.1. The van der Waals surface area contributed by atoms with Crippen molar-refractivity contribution in [1.29, 1.82) is 0 Å². The summed E-state index contributed by atoms with van der Waals surface area (Å²) in [5.74, 6) is 0.408. The molecule has 0 unspecified atom stereocenters. The summed E-state index contributed by atoms with van der Waals surface area (Å²) < 4.78 is 5.20. The highest BCUT2D eigenvalue weighted by molar-refractivity contribution is 6.28. The molecule has 4 nitrogen and oxygen atoms in total. The highest BCUT2D eigenvalue weighted by atomic mass is 16.5. The Hall–Kier alpha value is -2.36. The summed E-state index contributed by atoms with van der Waals surface area (Å²) in [6.07, 6.45) is 1.75. The number of hydrogen-bond acceptors (Lipinski definition) is 4. The van der Waals surface area contributed by atoms with E-state index in [-0.39, 0.29) is 5.78 Å². The molecule has 0 bridgehead atoms. The van der Waals surface area contributed by atoms with Crippen LogP contribution in [0.4, 0.5) is 0 Å². The lowest BCUT2D eigenvalue weighted by Gasteiger charge is -2.09. The smallest absolute Gasteiger partial charge is 0.198 e. The number of nitrogens with zero attached hydrogens (tertiary/aromatic N) is 2. The van der Waals surface area contributed by atoms with Crippen molar-refractivity contribution < 1.29 is 9.32 Å². The lowest BCUT2D eigenvalue weighted by molar-refractivity contribution is 0.105. The van der Waals surface area contributed by atoms with Gasteiger partial charge in [-0.25, -0.2) is 0 Å². The Morgan fingerprint density at radius 3 is 2.47 bits per heavy atom. The molecule has 0 amide bonds. The fourth-order valence-electron chi connectivity index (χ4n) is 1.73. The first-order valence-electron chi connectivity index (χ1n) is 5.99. The first-order chi connectivity index (χ1) is 9.08. The maximum Gasteiger partial charge on any atom is 0.198 e. The lowest BCUT2D eigenvalue weighted by Crippen LogP contribution is -2.08. The number of allylic oxidation sites excluding steroid dienone is 1. The van der Waals surface area contributed by atoms with Crippen molar-refractivity contribution in [2.24, 2.45) is 0 Å². The Morgan fingerprint density at radius 2 is 1.95 bits per heavy atom. The quantitative estimate of drug-likeness (QED) is 0.623. The van der Waals surface area contributed by atoms with Crippen LogP contribution in [0.25, 0.3) is 5.57 Å². The van der Waals surface area contributed by atoms with Gasteiger partial charge < -0.3 is 9.42 Å². The topological polar surface area (TPSA) is 46.3 Å². The summed E-state index contributed by atoms with van der Waals surface area (Å²) in [4.78, 5) is 14.3. The summed E-state index contributed by atoms with van der Waals surface area (Å²) in [7, 11) is 3.73. The normalized spacial score (nSPS) is 11.4. The lowest BCUT2D eigenvalue weighted by atomic mass is 10.0. The largest absolute Gasteiger partial charge is 0.383 e. The summed E-state index contributed by atoms with van der Waals surface area (Å²) in [5, 5.41) is 3.83. The molecule has 1 aromatic heterocycles. The Balaban J connectivity index is 2.42. The van der Waals surface area contributed by atoms with Gasteiger partial charge in [-0.15, -0.1) is 0 Å². The van der Waals surface area contributed by atoms with E-state index in [4.69, 9.17) is 4.52 Å². The van der Waals surface area contributed by atoms with Crippen LogP contribution in [-0.2, 0) is 0 Å². The third-order valence-corrected chi connectivity index (χ3v) is 2.56. The number of benzene rings is 1. The number of hydrogen-bond donors (Lipinski definition) is 0. The summed E-state index contributed by atoms with van der Waals surface area (Å²) in [6.45, 7) is 1.83. The molecule has 0 atom stereocenters. The van der Waals surface area contributed by atoms with E-state index in [9.17, 15) is 4.79 Å². The minimum absolute atomic E-state index is 0.0783. The van der Waals surface area contributed by atoms with Gasteiger partial charge >= 0.3 is 0 Å². The van der Waals surface area contributed by atoms with Gasteiger partial charge in [0.15, 0.2) is 11.5 Å². The molecule has 1 aromatic carbocycles. The fraction of sp³-hybridized carbons (Fsp3) is 0.200. The zero-order valence-electron chi connectivity index (χ0n) is 11.3. The van der Waals surface area contributed by atoms with Crippen molar-refractivity contribution in [3.05, 3.63) is 59.6 Å². The summed E-state index contributed by atoms with van der Waals surface area (Å²) in [6, 6.07) is 10.9. The minimum Gasteiger partial charge on any atom is -0.383 e. The molecule has 0 radical (unpaired) electrons. The Morgan fingerprint density at radius 1 is 1.26 bits per heavy atom. The Bertz CT molecular complexity index is 598. The molecule has 0 fully saturated rings. The number of ketones is 1. The molecule has 2 aromatic rings. The fourth-order valence-corrected chi connectivity index (χ4v) is 1.73. The van der Waals surface area contributed by atoms with Gasteiger partial charge in [-0.3, -0.25) is 4.79 Å². The molecule has 1 heterocycles. The molecule has 2 rings (SSSR count). The van der Waals surface area contributed by atoms with Gasteiger partial charge in [0.25, 0.3) is 0 Å². The van der Waals surface area contributed by atoms with Crippen LogP contribution in [0.2, 0.25) is 0 Å². The maximum atomic E-state index is 12.5. The SMILES string of the molecule is Cc1cc(/C(=C\N(C)C)C(=O)c2ccccc2)on1. The zero-order valence-corrected chi connectivity index (χ0v) is 11.3. The van der Waals surface area contributed by atoms with Gasteiger partial charge in [-0.1, -0.05) is 35.5 Å². The van der Waals surface area contributed by atoms with Gasteiger partial charge in [-0.05, 0) is 6.92 Å². The molecule has 0 saturated heterocycles. The van der Waals surface area contributed by atoms with Crippen molar-refractivity contribution in [3.8, 4) is 0 Å². The van der Waals surface area contributed by atoms with E-state index in [1.165, 1.54) is 0 Å². The Labute approximate surface area is 112 Å². The molecule has 98 valence electrons. The van der Waals surface area contributed by atoms with E-state index < -0.39 is 0 Å². The number of aromatic nitrogens is 1. The summed E-state index contributed by atoms with van der Waals surface area (Å²) in [5.41, 5.74) is 1.88. The number of rotatable bonds is 4. The molecule has 0 saturated carbocycles. The monoisotopic (exact) mass is 256 g/mol. The van der Waals surface area contributed by atoms with E-state index in [1.54, 1.807) is 24.4 Å². The predicted molar refractivity (Wildman–Crippen MR) is 73.7 cm³/mol. The Kier molecular flexibility index (Phi) is 3.80. The van der Waals surface area contributed by atoms with Crippen LogP contribution >= 0.6 is 0 Å². The average Bonchev–Trinajstić information content (AvgIpc) is 2.82. The van der Waals surface area contributed by atoms with E-state index in [0.717, 1.165) is 5.69 Å². The van der Waals surface area contributed by atoms with Crippen LogP contribution in [0, 0.1) is 6.92 Å². The van der Waals surface area contributed by atoms with Crippen molar-refractivity contribution in [3.63, 3.8) is 0 Å². The van der Waals surface area contributed by atoms with Gasteiger partial charge in [-0.2, -0.15) is 0 Å². The van der Waals surface area contributed by atoms with Crippen molar-refractivity contribution in [2.75, 3.05) is 14.1 Å². The molecular weight excluding hydrogens is 240 g/mol. The van der Waals surface area contributed by atoms with Gasteiger partial charge in [0.1, 0.15) is 0 Å². The second kappa shape index (κ2) is 5.52. The van der Waals surface area contributed by atoms with Crippen molar-refractivity contribution in [2.45, 2.75) is 6.92 Å². The molecule has 0 aliphatic carbocycles. The number of aryl methyl sites for hydroxylation is 1. The predicted octanol–water partition coefficient (Wildman–Crippen LogP) is 2.77. The van der Waals surface area contributed by atoms with E-state index >= 15 is 0 Å². The molecule has 0 N–H and O–H groups in total. The third-order valence-electron chi connectivity index (χ3n) is 2.56. The maximum absolute atomic E-state index is 12.5. The highest BCUT2D eigenvalue weighted by Crippen LogP contribution is 2.21. The molecule has 0 aliphatic rings. The van der Waals surface area contributed by atoms with E-state index in [2.05, 4.69) is 5.16 Å². The number of carbonyl (C=O) groups is 1. The van der Waals surface area contributed by atoms with Crippen molar-refractivity contribution in [1.82, 2.24) is 10.1 Å². The molecule has 0 aliphatic heterocycles. The van der Waals surface area contributed by atoms with Crippen molar-refractivity contribution >= 4 is 11.4 Å².